The minimum absolute atomic E-state index is 0.111. The molecule has 0 aromatic heterocycles. The van der Waals surface area contributed by atoms with E-state index in [0.717, 1.165) is 26.1 Å². The lowest BCUT2D eigenvalue weighted by atomic mass is 10.1. The highest BCUT2D eigenvalue weighted by Crippen LogP contribution is 2.23. The van der Waals surface area contributed by atoms with Gasteiger partial charge >= 0.3 is 0 Å². The van der Waals surface area contributed by atoms with E-state index in [0.29, 0.717) is 32.0 Å². The van der Waals surface area contributed by atoms with Crippen LogP contribution in [0.15, 0.2) is 0 Å². The summed E-state index contributed by atoms with van der Waals surface area (Å²) < 4.78 is 0. The molecule has 2 aliphatic rings. The molecule has 2 aliphatic heterocycles. The number of nitrogens with zero attached hydrogens (tertiary/aromatic N) is 3. The maximum absolute atomic E-state index is 12.4. The molecule has 2 saturated heterocycles. The Labute approximate surface area is 120 Å². The van der Waals surface area contributed by atoms with Crippen LogP contribution in [0.2, 0.25) is 0 Å². The highest BCUT2D eigenvalue weighted by atomic mass is 16.2. The number of nitrogens with two attached hydrogens (primary N) is 1. The molecule has 2 atom stereocenters. The van der Waals surface area contributed by atoms with Gasteiger partial charge < -0.3 is 20.4 Å². The van der Waals surface area contributed by atoms with Crippen LogP contribution in [0.4, 0.5) is 0 Å². The Hall–Kier alpha value is -1.14. The summed E-state index contributed by atoms with van der Waals surface area (Å²) >= 11 is 0. The van der Waals surface area contributed by atoms with E-state index >= 15 is 0 Å². The first-order valence-electron chi connectivity index (χ1n) is 7.42. The topological polar surface area (TPSA) is 69.9 Å². The molecule has 2 amide bonds. The van der Waals surface area contributed by atoms with Crippen molar-refractivity contribution in [2.45, 2.75) is 12.8 Å². The van der Waals surface area contributed by atoms with Crippen molar-refractivity contribution in [1.29, 1.82) is 0 Å². The number of likely N-dealkylation sites (N-methyl/N-ethyl adjacent to an activating group) is 1. The molecule has 20 heavy (non-hydrogen) atoms. The molecule has 0 saturated carbocycles. The molecule has 2 N–H and O–H groups in total. The van der Waals surface area contributed by atoms with Crippen molar-refractivity contribution < 1.29 is 9.59 Å². The fourth-order valence-electron chi connectivity index (χ4n) is 2.96. The van der Waals surface area contributed by atoms with Crippen molar-refractivity contribution in [3.05, 3.63) is 0 Å². The molecular formula is C14H26N4O2. The summed E-state index contributed by atoms with van der Waals surface area (Å²) in [5.41, 5.74) is 5.66. The van der Waals surface area contributed by atoms with Crippen LogP contribution in [0.1, 0.15) is 12.8 Å². The van der Waals surface area contributed by atoms with Gasteiger partial charge in [-0.15, -0.1) is 0 Å². The van der Waals surface area contributed by atoms with Crippen LogP contribution in [-0.2, 0) is 9.59 Å². The Morgan fingerprint density at radius 3 is 2.75 bits per heavy atom. The van der Waals surface area contributed by atoms with Crippen LogP contribution in [0, 0.1) is 11.8 Å². The van der Waals surface area contributed by atoms with Gasteiger partial charge in [-0.25, -0.2) is 0 Å². The van der Waals surface area contributed by atoms with E-state index in [1.807, 2.05) is 23.9 Å². The number of hydrogen-bond acceptors (Lipinski definition) is 4. The fraction of sp³-hybridized carbons (Fsp3) is 0.857. The number of carbonyl (C=O) groups excluding carboxylic acids is 2. The van der Waals surface area contributed by atoms with Crippen LogP contribution in [0.25, 0.3) is 0 Å². The molecule has 0 aliphatic carbocycles. The van der Waals surface area contributed by atoms with Crippen LogP contribution in [0.3, 0.4) is 0 Å². The Morgan fingerprint density at radius 2 is 2.15 bits per heavy atom. The van der Waals surface area contributed by atoms with Crippen molar-refractivity contribution in [3.63, 3.8) is 0 Å². The van der Waals surface area contributed by atoms with Crippen molar-refractivity contribution >= 4 is 11.8 Å². The highest BCUT2D eigenvalue weighted by Gasteiger charge is 2.38. The van der Waals surface area contributed by atoms with E-state index in [-0.39, 0.29) is 17.7 Å². The van der Waals surface area contributed by atoms with Crippen LogP contribution in [0.5, 0.6) is 0 Å². The van der Waals surface area contributed by atoms with Crippen molar-refractivity contribution in [2.75, 3.05) is 53.4 Å². The molecule has 0 spiro atoms. The number of carbonyl (C=O) groups is 2. The summed E-state index contributed by atoms with van der Waals surface area (Å²) in [5, 5.41) is 0. The van der Waals surface area contributed by atoms with Crippen LogP contribution >= 0.6 is 0 Å². The zero-order valence-corrected chi connectivity index (χ0v) is 12.5. The molecule has 2 rings (SSSR count). The van der Waals surface area contributed by atoms with Gasteiger partial charge in [-0.3, -0.25) is 9.59 Å². The van der Waals surface area contributed by atoms with Gasteiger partial charge in [0.1, 0.15) is 0 Å². The predicted octanol–water partition coefficient (Wildman–Crippen LogP) is -0.796. The van der Waals surface area contributed by atoms with E-state index < -0.39 is 0 Å². The quantitative estimate of drug-likeness (QED) is 0.717. The average molecular weight is 282 g/mol. The molecule has 2 heterocycles. The lowest BCUT2D eigenvalue weighted by Gasteiger charge is -2.22. The summed E-state index contributed by atoms with van der Waals surface area (Å²) in [6.45, 7) is 4.32. The molecule has 2 fully saturated rings. The standard InChI is InChI=1S/C14H26N4O2/c1-16(2)5-6-17-10-12(7-13(17)19)14(20)18-4-3-11(8-15)9-18/h11-12H,3-10,15H2,1-2H3. The second-order valence-corrected chi connectivity index (χ2v) is 6.22. The van der Waals surface area contributed by atoms with Crippen molar-refractivity contribution in [3.8, 4) is 0 Å². The van der Waals surface area contributed by atoms with Gasteiger partial charge in [-0.05, 0) is 33.0 Å². The third kappa shape index (κ3) is 3.49. The highest BCUT2D eigenvalue weighted by molar-refractivity contribution is 5.89. The first kappa shape index (κ1) is 15.3. The van der Waals surface area contributed by atoms with E-state index in [1.165, 1.54) is 0 Å². The first-order chi connectivity index (χ1) is 9.51. The van der Waals surface area contributed by atoms with Gasteiger partial charge in [0.05, 0.1) is 5.92 Å². The SMILES string of the molecule is CN(C)CCN1CC(C(=O)N2CCC(CN)C2)CC1=O. The molecule has 0 bridgehead atoms. The van der Waals surface area contributed by atoms with E-state index in [4.69, 9.17) is 5.73 Å². The largest absolute Gasteiger partial charge is 0.342 e. The second kappa shape index (κ2) is 6.54. The Morgan fingerprint density at radius 1 is 1.40 bits per heavy atom. The van der Waals surface area contributed by atoms with Crippen molar-refractivity contribution in [1.82, 2.24) is 14.7 Å². The number of rotatable bonds is 5. The lowest BCUT2D eigenvalue weighted by Crippen LogP contribution is -2.37. The molecule has 6 heteroatoms. The fourth-order valence-corrected chi connectivity index (χ4v) is 2.96. The number of likely N-dealkylation sites (tertiary alicyclic amines) is 2. The summed E-state index contributed by atoms with van der Waals surface area (Å²) in [6, 6.07) is 0. The average Bonchev–Trinajstić information content (AvgIpc) is 3.02. The zero-order chi connectivity index (χ0) is 14.7. The molecule has 6 nitrogen and oxygen atoms in total. The normalized spacial score (nSPS) is 26.9. The monoisotopic (exact) mass is 282 g/mol. The van der Waals surface area contributed by atoms with Crippen molar-refractivity contribution in [2.24, 2.45) is 17.6 Å². The first-order valence-corrected chi connectivity index (χ1v) is 7.42. The van der Waals surface area contributed by atoms with Crippen LogP contribution in [-0.4, -0.2) is 79.9 Å². The smallest absolute Gasteiger partial charge is 0.228 e. The number of hydrogen-bond donors (Lipinski definition) is 1. The zero-order valence-electron chi connectivity index (χ0n) is 12.5. The number of amides is 2. The predicted molar refractivity (Wildman–Crippen MR) is 77.0 cm³/mol. The summed E-state index contributed by atoms with van der Waals surface area (Å²) in [6.07, 6.45) is 1.36. The summed E-state index contributed by atoms with van der Waals surface area (Å²) in [4.78, 5) is 30.2. The molecule has 114 valence electrons. The van der Waals surface area contributed by atoms with E-state index in [2.05, 4.69) is 4.90 Å². The van der Waals surface area contributed by atoms with Gasteiger partial charge in [0.25, 0.3) is 0 Å². The lowest BCUT2D eigenvalue weighted by molar-refractivity contribution is -0.135. The maximum atomic E-state index is 12.4. The van der Waals surface area contributed by atoms with Gasteiger partial charge in [-0.2, -0.15) is 0 Å². The van der Waals surface area contributed by atoms with Crippen LogP contribution < -0.4 is 5.73 Å². The molecule has 0 aromatic carbocycles. The molecular weight excluding hydrogens is 256 g/mol. The third-order valence-corrected chi connectivity index (χ3v) is 4.31. The Balaban J connectivity index is 1.85. The summed E-state index contributed by atoms with van der Waals surface area (Å²) in [5.74, 6) is 0.531. The van der Waals surface area contributed by atoms with E-state index in [9.17, 15) is 9.59 Å². The molecule has 2 unspecified atom stereocenters. The van der Waals surface area contributed by atoms with E-state index in [1.54, 1.807) is 0 Å². The minimum atomic E-state index is -0.152. The van der Waals surface area contributed by atoms with Gasteiger partial charge in [-0.1, -0.05) is 0 Å². The van der Waals surface area contributed by atoms with Gasteiger partial charge in [0.15, 0.2) is 0 Å². The Kier molecular flexibility index (Phi) is 4.99. The summed E-state index contributed by atoms with van der Waals surface area (Å²) in [7, 11) is 3.97. The minimum Gasteiger partial charge on any atom is -0.342 e. The van der Waals surface area contributed by atoms with Gasteiger partial charge in [0.2, 0.25) is 11.8 Å². The molecule has 0 radical (unpaired) electrons. The Bertz CT molecular complexity index is 372. The maximum Gasteiger partial charge on any atom is 0.228 e. The third-order valence-electron chi connectivity index (χ3n) is 4.31. The second-order valence-electron chi connectivity index (χ2n) is 6.22. The van der Waals surface area contributed by atoms with Gasteiger partial charge in [0, 0.05) is 39.1 Å². The molecule has 0 aromatic rings.